The summed E-state index contributed by atoms with van der Waals surface area (Å²) in [5, 5.41) is 10.1. The molecular weight excluding hydrogens is 453 g/mol. The van der Waals surface area contributed by atoms with Gasteiger partial charge in [0, 0.05) is 37.9 Å². The van der Waals surface area contributed by atoms with Gasteiger partial charge in [-0.05, 0) is 57.8 Å². The van der Waals surface area contributed by atoms with Gasteiger partial charge in [-0.2, -0.15) is 13.2 Å². The average Bonchev–Trinajstić information content (AvgIpc) is 3.38. The van der Waals surface area contributed by atoms with Gasteiger partial charge in [0.25, 0.3) is 0 Å². The normalized spacial score (nSPS) is 25.1. The minimum absolute atomic E-state index is 0.0624. The Hall–Kier alpha value is -2.82. The molecule has 11 heteroatoms. The molecule has 2 atom stereocenters. The first-order chi connectivity index (χ1) is 16.0. The van der Waals surface area contributed by atoms with E-state index >= 15 is 0 Å². The molecule has 0 radical (unpaired) electrons. The number of likely N-dealkylation sites (tertiary alicyclic amines) is 3. The van der Waals surface area contributed by atoms with E-state index in [1.54, 1.807) is 0 Å². The molecule has 188 valence electrons. The first kappa shape index (κ1) is 25.8. The van der Waals surface area contributed by atoms with Crippen LogP contribution in [0.15, 0.2) is 30.3 Å². The van der Waals surface area contributed by atoms with Crippen LogP contribution in [0.5, 0.6) is 0 Å². The zero-order chi connectivity index (χ0) is 24.9. The van der Waals surface area contributed by atoms with E-state index in [2.05, 4.69) is 22.2 Å². The number of para-hydroxylation sites is 1. The van der Waals surface area contributed by atoms with Crippen molar-refractivity contribution in [3.63, 3.8) is 0 Å². The van der Waals surface area contributed by atoms with E-state index in [1.165, 1.54) is 0 Å². The summed E-state index contributed by atoms with van der Waals surface area (Å²) in [5.74, 6) is -2.42. The molecular formula is C23H31F3N4O4. The molecule has 0 aromatic heterocycles. The molecule has 0 aliphatic carbocycles. The number of nitrogens with one attached hydrogen (secondary N) is 1. The SMILES string of the molecule is CN1CC[C@@]2(C(=O)N3CCCC3)CCN(C(=O)Nc3ccccc3)CC[C@@H]12.O=C(O)C(F)(F)F. The number of amides is 3. The van der Waals surface area contributed by atoms with Crippen LogP contribution in [-0.2, 0) is 9.59 Å². The van der Waals surface area contributed by atoms with E-state index in [4.69, 9.17) is 9.90 Å². The minimum Gasteiger partial charge on any atom is -0.475 e. The van der Waals surface area contributed by atoms with Crippen molar-refractivity contribution in [3.05, 3.63) is 30.3 Å². The fraction of sp³-hybridized carbons (Fsp3) is 0.609. The molecule has 0 bridgehead atoms. The number of halogens is 3. The van der Waals surface area contributed by atoms with Crippen LogP contribution in [0.2, 0.25) is 0 Å². The quantitative estimate of drug-likeness (QED) is 0.672. The van der Waals surface area contributed by atoms with Crippen LogP contribution in [-0.4, -0.2) is 89.7 Å². The lowest BCUT2D eigenvalue weighted by Crippen LogP contribution is -2.49. The lowest BCUT2D eigenvalue weighted by molar-refractivity contribution is -0.192. The Morgan fingerprint density at radius 2 is 1.56 bits per heavy atom. The van der Waals surface area contributed by atoms with Gasteiger partial charge in [0.1, 0.15) is 0 Å². The zero-order valence-electron chi connectivity index (χ0n) is 19.2. The number of carbonyl (C=O) groups excluding carboxylic acids is 2. The van der Waals surface area contributed by atoms with Gasteiger partial charge in [-0.25, -0.2) is 9.59 Å². The number of carboxylic acid groups (broad SMARTS) is 1. The largest absolute Gasteiger partial charge is 0.490 e. The van der Waals surface area contributed by atoms with Gasteiger partial charge in [0.2, 0.25) is 5.91 Å². The molecule has 8 nitrogen and oxygen atoms in total. The number of hydrogen-bond donors (Lipinski definition) is 2. The summed E-state index contributed by atoms with van der Waals surface area (Å²) >= 11 is 0. The molecule has 3 saturated heterocycles. The third-order valence-corrected chi connectivity index (χ3v) is 6.95. The maximum atomic E-state index is 13.4. The van der Waals surface area contributed by atoms with Crippen molar-refractivity contribution in [2.45, 2.75) is 44.3 Å². The number of hydrogen-bond acceptors (Lipinski definition) is 4. The maximum Gasteiger partial charge on any atom is 0.490 e. The molecule has 3 amide bonds. The second kappa shape index (κ2) is 10.6. The van der Waals surface area contributed by atoms with E-state index < -0.39 is 12.1 Å². The average molecular weight is 485 g/mol. The highest BCUT2D eigenvalue weighted by atomic mass is 19.4. The van der Waals surface area contributed by atoms with Gasteiger partial charge < -0.3 is 25.1 Å². The first-order valence-corrected chi connectivity index (χ1v) is 11.5. The fourth-order valence-corrected chi connectivity index (χ4v) is 5.15. The summed E-state index contributed by atoms with van der Waals surface area (Å²) in [6, 6.07) is 9.75. The molecule has 3 aliphatic heterocycles. The standard InChI is InChI=1S/C21H30N4O2.C2HF3O2/c1-23-15-10-21(19(26)24-12-5-6-13-24)11-16-25(14-9-18(21)23)20(27)22-17-7-3-2-4-8-17;3-2(4,5)1(6)7/h2-4,7-8,18H,5-6,9-16H2,1H3,(H,22,27);(H,6,7)/t18-,21-;/m1./s1. The number of benzene rings is 1. The molecule has 3 heterocycles. The van der Waals surface area contributed by atoms with Gasteiger partial charge in [-0.3, -0.25) is 4.79 Å². The van der Waals surface area contributed by atoms with Gasteiger partial charge in [0.15, 0.2) is 0 Å². The predicted molar refractivity (Wildman–Crippen MR) is 119 cm³/mol. The number of anilines is 1. The first-order valence-electron chi connectivity index (χ1n) is 11.5. The van der Waals surface area contributed by atoms with Crippen molar-refractivity contribution >= 4 is 23.6 Å². The Labute approximate surface area is 196 Å². The number of carbonyl (C=O) groups is 3. The molecule has 3 aliphatic rings. The molecule has 0 unspecified atom stereocenters. The smallest absolute Gasteiger partial charge is 0.475 e. The van der Waals surface area contributed by atoms with E-state index in [0.29, 0.717) is 19.0 Å². The molecule has 0 saturated carbocycles. The third kappa shape index (κ3) is 5.81. The molecule has 1 aromatic carbocycles. The third-order valence-electron chi connectivity index (χ3n) is 6.95. The molecule has 2 N–H and O–H groups in total. The van der Waals surface area contributed by atoms with Crippen LogP contribution in [0.1, 0.15) is 32.1 Å². The highest BCUT2D eigenvalue weighted by Gasteiger charge is 2.54. The van der Waals surface area contributed by atoms with Crippen LogP contribution in [0.25, 0.3) is 0 Å². The summed E-state index contributed by atoms with van der Waals surface area (Å²) in [4.78, 5) is 41.4. The Morgan fingerprint density at radius 1 is 0.971 bits per heavy atom. The number of carboxylic acids is 1. The summed E-state index contributed by atoms with van der Waals surface area (Å²) in [5.41, 5.74) is 0.493. The Balaban J connectivity index is 0.000000406. The summed E-state index contributed by atoms with van der Waals surface area (Å²) in [6.07, 6.45) is -0.308. The Kier molecular flexibility index (Phi) is 8.06. The predicted octanol–water partition coefficient (Wildman–Crippen LogP) is 3.26. The number of aliphatic carboxylic acids is 1. The summed E-state index contributed by atoms with van der Waals surface area (Å²) < 4.78 is 31.7. The number of fused-ring (bicyclic) bond motifs is 1. The number of nitrogens with zero attached hydrogens (tertiary/aromatic N) is 3. The van der Waals surface area contributed by atoms with E-state index in [-0.39, 0.29) is 17.5 Å². The lowest BCUT2D eigenvalue weighted by Gasteiger charge is -2.37. The summed E-state index contributed by atoms with van der Waals surface area (Å²) in [7, 11) is 2.13. The van der Waals surface area contributed by atoms with E-state index in [1.807, 2.05) is 35.2 Å². The van der Waals surface area contributed by atoms with Gasteiger partial charge in [-0.15, -0.1) is 0 Å². The maximum absolute atomic E-state index is 13.4. The fourth-order valence-electron chi connectivity index (χ4n) is 5.15. The highest BCUT2D eigenvalue weighted by Crippen LogP contribution is 2.45. The molecule has 1 aromatic rings. The highest BCUT2D eigenvalue weighted by molar-refractivity contribution is 5.89. The van der Waals surface area contributed by atoms with Crippen molar-refractivity contribution in [3.8, 4) is 0 Å². The molecule has 4 rings (SSSR count). The van der Waals surface area contributed by atoms with E-state index in [0.717, 1.165) is 57.4 Å². The van der Waals surface area contributed by atoms with Gasteiger partial charge in [-0.1, -0.05) is 18.2 Å². The second-order valence-corrected chi connectivity index (χ2v) is 9.03. The van der Waals surface area contributed by atoms with Crippen molar-refractivity contribution < 1.29 is 32.7 Å². The Morgan fingerprint density at radius 3 is 2.15 bits per heavy atom. The number of rotatable bonds is 2. The van der Waals surface area contributed by atoms with Crippen LogP contribution >= 0.6 is 0 Å². The molecule has 0 spiro atoms. The van der Waals surface area contributed by atoms with Gasteiger partial charge in [0.05, 0.1) is 5.41 Å². The summed E-state index contributed by atoms with van der Waals surface area (Å²) in [6.45, 7) is 4.11. The van der Waals surface area contributed by atoms with Crippen molar-refractivity contribution in [2.75, 3.05) is 45.1 Å². The minimum atomic E-state index is -5.08. The topological polar surface area (TPSA) is 93.2 Å². The number of urea groups is 1. The van der Waals surface area contributed by atoms with Crippen LogP contribution < -0.4 is 5.32 Å². The van der Waals surface area contributed by atoms with E-state index in [9.17, 15) is 22.8 Å². The zero-order valence-corrected chi connectivity index (χ0v) is 19.2. The number of alkyl halides is 3. The molecule has 34 heavy (non-hydrogen) atoms. The lowest BCUT2D eigenvalue weighted by atomic mass is 9.75. The monoisotopic (exact) mass is 484 g/mol. The van der Waals surface area contributed by atoms with Crippen molar-refractivity contribution in [1.29, 1.82) is 0 Å². The molecule has 3 fully saturated rings. The Bertz CT molecular complexity index is 877. The second-order valence-electron chi connectivity index (χ2n) is 9.03. The van der Waals surface area contributed by atoms with Crippen molar-refractivity contribution in [2.24, 2.45) is 5.41 Å². The van der Waals surface area contributed by atoms with Crippen LogP contribution in [0.4, 0.5) is 23.7 Å². The van der Waals surface area contributed by atoms with Crippen molar-refractivity contribution in [1.82, 2.24) is 14.7 Å². The van der Waals surface area contributed by atoms with Crippen LogP contribution in [0, 0.1) is 5.41 Å². The van der Waals surface area contributed by atoms with Gasteiger partial charge >= 0.3 is 18.2 Å². The van der Waals surface area contributed by atoms with Crippen LogP contribution in [0.3, 0.4) is 0 Å².